The molecule has 0 saturated heterocycles. The first kappa shape index (κ1) is 9.01. The van der Waals surface area contributed by atoms with Crippen molar-refractivity contribution in [3.8, 4) is 0 Å². The summed E-state index contributed by atoms with van der Waals surface area (Å²) in [6, 6.07) is 7.41. The maximum atomic E-state index is 9.85. The van der Waals surface area contributed by atoms with E-state index in [0.717, 1.165) is 5.56 Å². The highest BCUT2D eigenvalue weighted by Gasteiger charge is 1.86. The van der Waals surface area contributed by atoms with Crippen LogP contribution in [0.5, 0.6) is 0 Å². The summed E-state index contributed by atoms with van der Waals surface area (Å²) in [5.74, 6) is 0. The van der Waals surface area contributed by atoms with Crippen molar-refractivity contribution in [1.82, 2.24) is 0 Å². The van der Waals surface area contributed by atoms with Gasteiger partial charge in [-0.05, 0) is 17.7 Å². The molecule has 0 aliphatic heterocycles. The summed E-state index contributed by atoms with van der Waals surface area (Å²) in [5.41, 5.74) is 1.04. The third kappa shape index (κ3) is 2.89. The highest BCUT2D eigenvalue weighted by Crippen LogP contribution is 2.10. The number of benzene rings is 1. The predicted octanol–water partition coefficient (Wildman–Crippen LogP) is 2.85. The summed E-state index contributed by atoms with van der Waals surface area (Å²) in [5, 5.41) is 0.717. The van der Waals surface area contributed by atoms with E-state index in [2.05, 4.69) is 0 Å². The van der Waals surface area contributed by atoms with E-state index in [1.54, 1.807) is 12.4 Å². The van der Waals surface area contributed by atoms with Gasteiger partial charge in [-0.2, -0.15) is 0 Å². The molecule has 0 atom stereocenters. The number of hydrogen-bond donors (Lipinski definition) is 0. The van der Waals surface area contributed by atoms with Gasteiger partial charge in [-0.3, -0.25) is 4.79 Å². The van der Waals surface area contributed by atoms with Crippen molar-refractivity contribution in [3.05, 3.63) is 40.9 Å². The fourth-order valence-electron chi connectivity index (χ4n) is 0.817. The van der Waals surface area contributed by atoms with Gasteiger partial charge in [0.25, 0.3) is 0 Å². The molecule has 0 bridgehead atoms. The second kappa shape index (κ2) is 4.73. The lowest BCUT2D eigenvalue weighted by molar-refractivity contribution is 0.556. The fourth-order valence-corrected chi connectivity index (χ4v) is 0.943. The first-order valence-corrected chi connectivity index (χ1v) is 3.98. The van der Waals surface area contributed by atoms with Crippen LogP contribution in [0, 0.1) is 0 Å². The molecule has 0 fully saturated rings. The summed E-state index contributed by atoms with van der Waals surface area (Å²) in [6.45, 7) is 0. The molecule has 0 spiro atoms. The van der Waals surface area contributed by atoms with Crippen molar-refractivity contribution >= 4 is 24.0 Å². The topological polar surface area (TPSA) is 17.1 Å². The Kier molecular flexibility index (Phi) is 3.55. The van der Waals surface area contributed by atoms with Crippen molar-refractivity contribution in [2.45, 2.75) is 6.42 Å². The molecule has 1 aromatic carbocycles. The van der Waals surface area contributed by atoms with Crippen molar-refractivity contribution in [2.24, 2.45) is 0 Å². The van der Waals surface area contributed by atoms with Crippen LogP contribution in [0.15, 0.2) is 30.3 Å². The molecule has 1 nitrogen and oxygen atoms in total. The Morgan fingerprint density at radius 2 is 2.00 bits per heavy atom. The average molecular weight is 180 g/mol. The van der Waals surface area contributed by atoms with Crippen LogP contribution in [0.2, 0.25) is 5.02 Å². The smallest absolute Gasteiger partial charge is 0.202 e. The Hall–Kier alpha value is -1.08. The molecular weight excluding hydrogens is 172 g/mol. The molecule has 0 aromatic heterocycles. The maximum absolute atomic E-state index is 9.85. The van der Waals surface area contributed by atoms with Gasteiger partial charge in [0.2, 0.25) is 6.29 Å². The minimum absolute atomic E-state index is 0.336. The SMILES string of the molecule is O=[C]C/C=C/c1ccc(Cl)cc1. The lowest BCUT2D eigenvalue weighted by atomic mass is 10.2. The largest absolute Gasteiger partial charge is 0.291 e. The Morgan fingerprint density at radius 1 is 1.33 bits per heavy atom. The molecule has 0 amide bonds. The summed E-state index contributed by atoms with van der Waals surface area (Å²) in [7, 11) is 0. The second-order valence-corrected chi connectivity index (χ2v) is 2.74. The zero-order chi connectivity index (χ0) is 8.81. The van der Waals surface area contributed by atoms with E-state index in [9.17, 15) is 4.79 Å². The van der Waals surface area contributed by atoms with Crippen LogP contribution in [0.25, 0.3) is 6.08 Å². The molecule has 1 radical (unpaired) electrons. The Morgan fingerprint density at radius 3 is 2.58 bits per heavy atom. The Bertz CT molecular complexity index is 274. The van der Waals surface area contributed by atoms with E-state index < -0.39 is 0 Å². The van der Waals surface area contributed by atoms with Crippen LogP contribution in [0.1, 0.15) is 12.0 Å². The molecule has 1 rings (SSSR count). The highest BCUT2D eigenvalue weighted by atomic mass is 35.5. The van der Waals surface area contributed by atoms with Gasteiger partial charge >= 0.3 is 0 Å². The third-order valence-corrected chi connectivity index (χ3v) is 1.63. The van der Waals surface area contributed by atoms with Gasteiger partial charge < -0.3 is 0 Å². The lowest BCUT2D eigenvalue weighted by Gasteiger charge is -1.91. The van der Waals surface area contributed by atoms with Gasteiger partial charge in [-0.1, -0.05) is 35.9 Å². The third-order valence-electron chi connectivity index (χ3n) is 1.38. The fraction of sp³-hybridized carbons (Fsp3) is 0.100. The van der Waals surface area contributed by atoms with Crippen molar-refractivity contribution in [3.63, 3.8) is 0 Å². The second-order valence-electron chi connectivity index (χ2n) is 2.30. The van der Waals surface area contributed by atoms with E-state index in [4.69, 9.17) is 11.6 Å². The van der Waals surface area contributed by atoms with E-state index in [1.807, 2.05) is 30.3 Å². The minimum atomic E-state index is 0.336. The molecule has 0 aliphatic carbocycles. The Labute approximate surface area is 76.7 Å². The van der Waals surface area contributed by atoms with Gasteiger partial charge in [0.15, 0.2) is 0 Å². The van der Waals surface area contributed by atoms with Gasteiger partial charge in [0.1, 0.15) is 0 Å². The predicted molar refractivity (Wildman–Crippen MR) is 50.8 cm³/mol. The van der Waals surface area contributed by atoms with Gasteiger partial charge in [0, 0.05) is 11.4 Å². The maximum Gasteiger partial charge on any atom is 0.202 e. The molecule has 0 saturated carbocycles. The molecule has 61 valence electrons. The van der Waals surface area contributed by atoms with Crippen LogP contribution in [-0.2, 0) is 4.79 Å². The summed E-state index contributed by atoms with van der Waals surface area (Å²) in [4.78, 5) is 9.85. The molecule has 0 N–H and O–H groups in total. The first-order chi connectivity index (χ1) is 5.83. The number of carbonyl (C=O) groups excluding carboxylic acids is 1. The summed E-state index contributed by atoms with van der Waals surface area (Å²) >= 11 is 5.69. The zero-order valence-corrected chi connectivity index (χ0v) is 7.21. The molecule has 0 aliphatic rings. The van der Waals surface area contributed by atoms with Crippen molar-refractivity contribution in [2.75, 3.05) is 0 Å². The van der Waals surface area contributed by atoms with Crippen LogP contribution < -0.4 is 0 Å². The molecule has 2 heteroatoms. The van der Waals surface area contributed by atoms with Crippen LogP contribution in [0.3, 0.4) is 0 Å². The normalized spacial score (nSPS) is 10.4. The van der Waals surface area contributed by atoms with Crippen LogP contribution in [-0.4, -0.2) is 6.29 Å². The highest BCUT2D eigenvalue weighted by molar-refractivity contribution is 6.30. The number of rotatable bonds is 3. The van der Waals surface area contributed by atoms with E-state index in [0.29, 0.717) is 11.4 Å². The van der Waals surface area contributed by atoms with Crippen molar-refractivity contribution in [1.29, 1.82) is 0 Å². The Balaban J connectivity index is 2.64. The van der Waals surface area contributed by atoms with E-state index in [1.165, 1.54) is 0 Å². The van der Waals surface area contributed by atoms with E-state index in [-0.39, 0.29) is 0 Å². The number of allylic oxidation sites excluding steroid dienone is 1. The monoisotopic (exact) mass is 179 g/mol. The standard InChI is InChI=1S/C10H8ClO/c11-10-6-4-9(5-7-10)3-1-2-8-12/h1,3-7H,2H2/b3-1+. The van der Waals surface area contributed by atoms with E-state index >= 15 is 0 Å². The molecule has 1 aromatic rings. The van der Waals surface area contributed by atoms with Crippen LogP contribution in [0.4, 0.5) is 0 Å². The van der Waals surface area contributed by atoms with Gasteiger partial charge in [-0.25, -0.2) is 0 Å². The van der Waals surface area contributed by atoms with Crippen molar-refractivity contribution < 1.29 is 4.79 Å². The number of hydrogen-bond acceptors (Lipinski definition) is 1. The summed E-state index contributed by atoms with van der Waals surface area (Å²) in [6.07, 6.45) is 5.74. The molecular formula is C10H8ClO. The quantitative estimate of drug-likeness (QED) is 0.698. The van der Waals surface area contributed by atoms with Crippen LogP contribution >= 0.6 is 11.6 Å². The number of halogens is 1. The molecule has 0 heterocycles. The molecule has 12 heavy (non-hydrogen) atoms. The lowest BCUT2D eigenvalue weighted by Crippen LogP contribution is -1.71. The molecule has 0 unspecified atom stereocenters. The summed E-state index contributed by atoms with van der Waals surface area (Å²) < 4.78 is 0. The van der Waals surface area contributed by atoms with Gasteiger partial charge in [0.05, 0.1) is 0 Å². The average Bonchev–Trinajstić information content (AvgIpc) is 2.09. The zero-order valence-electron chi connectivity index (χ0n) is 6.46. The minimum Gasteiger partial charge on any atom is -0.291 e. The first-order valence-electron chi connectivity index (χ1n) is 3.60. The van der Waals surface area contributed by atoms with Gasteiger partial charge in [-0.15, -0.1) is 0 Å².